The summed E-state index contributed by atoms with van der Waals surface area (Å²) in [6, 6.07) is 13.1. The van der Waals surface area contributed by atoms with Crippen LogP contribution in [0.5, 0.6) is 5.88 Å². The number of aryl methyl sites for hydroxylation is 1. The molecule has 3 aromatic rings. The van der Waals surface area contributed by atoms with E-state index in [-0.39, 0.29) is 6.10 Å². The number of rotatable bonds is 6. The van der Waals surface area contributed by atoms with Crippen molar-refractivity contribution in [3.05, 3.63) is 69.5 Å². The Labute approximate surface area is 185 Å². The molecule has 0 saturated heterocycles. The summed E-state index contributed by atoms with van der Waals surface area (Å²) in [5.41, 5.74) is 9.60. The fourth-order valence-corrected chi connectivity index (χ4v) is 3.36. The number of benzene rings is 2. The SMILES string of the molecule is Cc1cc(C(C#N)c2ccc(Cl)cc2)c(Cl)cc1Nc1ncnc(OC(C)C)c1N. The van der Waals surface area contributed by atoms with Crippen molar-refractivity contribution in [2.24, 2.45) is 0 Å². The number of hydrogen-bond donors (Lipinski definition) is 2. The lowest BCUT2D eigenvalue weighted by atomic mass is 9.91. The van der Waals surface area contributed by atoms with Crippen LogP contribution in [0, 0.1) is 18.3 Å². The van der Waals surface area contributed by atoms with Crippen molar-refractivity contribution in [1.29, 1.82) is 5.26 Å². The van der Waals surface area contributed by atoms with E-state index >= 15 is 0 Å². The summed E-state index contributed by atoms with van der Waals surface area (Å²) in [6.45, 7) is 5.70. The Morgan fingerprint density at radius 3 is 2.47 bits per heavy atom. The predicted molar refractivity (Wildman–Crippen MR) is 121 cm³/mol. The monoisotopic (exact) mass is 441 g/mol. The van der Waals surface area contributed by atoms with E-state index in [1.807, 2.05) is 39.0 Å². The van der Waals surface area contributed by atoms with Crippen LogP contribution in [-0.4, -0.2) is 16.1 Å². The first-order valence-corrected chi connectivity index (χ1v) is 10.0. The van der Waals surface area contributed by atoms with Gasteiger partial charge in [0.25, 0.3) is 0 Å². The highest BCUT2D eigenvalue weighted by Crippen LogP contribution is 2.36. The Morgan fingerprint density at radius 2 is 1.83 bits per heavy atom. The van der Waals surface area contributed by atoms with Crippen molar-refractivity contribution in [3.8, 4) is 11.9 Å². The van der Waals surface area contributed by atoms with Gasteiger partial charge >= 0.3 is 0 Å². The number of ether oxygens (including phenoxy) is 1. The van der Waals surface area contributed by atoms with Crippen LogP contribution in [0.1, 0.15) is 36.5 Å². The minimum Gasteiger partial charge on any atom is -0.473 e. The number of nitrogen functional groups attached to an aromatic ring is 1. The van der Waals surface area contributed by atoms with E-state index in [4.69, 9.17) is 33.7 Å². The quantitative estimate of drug-likeness (QED) is 0.496. The zero-order valence-corrected chi connectivity index (χ0v) is 18.3. The highest BCUT2D eigenvalue weighted by atomic mass is 35.5. The van der Waals surface area contributed by atoms with Crippen LogP contribution in [-0.2, 0) is 0 Å². The molecule has 0 saturated carbocycles. The van der Waals surface area contributed by atoms with Crippen molar-refractivity contribution in [2.75, 3.05) is 11.1 Å². The number of nitriles is 1. The van der Waals surface area contributed by atoms with Gasteiger partial charge < -0.3 is 15.8 Å². The second kappa shape index (κ2) is 9.21. The van der Waals surface area contributed by atoms with Crippen molar-refractivity contribution < 1.29 is 4.74 Å². The third-order valence-corrected chi connectivity index (χ3v) is 5.01. The molecule has 1 unspecified atom stereocenters. The average Bonchev–Trinajstić information content (AvgIpc) is 2.70. The fourth-order valence-electron chi connectivity index (χ4n) is 2.96. The van der Waals surface area contributed by atoms with E-state index in [2.05, 4.69) is 21.4 Å². The van der Waals surface area contributed by atoms with E-state index in [0.29, 0.717) is 33.0 Å². The van der Waals surface area contributed by atoms with Crippen molar-refractivity contribution >= 4 is 40.4 Å². The van der Waals surface area contributed by atoms with Crippen LogP contribution < -0.4 is 15.8 Å². The molecule has 1 atom stereocenters. The number of nitrogens with zero attached hydrogens (tertiary/aromatic N) is 3. The van der Waals surface area contributed by atoms with Crippen LogP contribution in [0.3, 0.4) is 0 Å². The molecule has 1 aromatic heterocycles. The Hall–Kier alpha value is -3.01. The van der Waals surface area contributed by atoms with E-state index in [1.54, 1.807) is 18.2 Å². The Kier molecular flexibility index (Phi) is 6.66. The molecule has 1 heterocycles. The molecule has 0 amide bonds. The molecule has 8 heteroatoms. The summed E-state index contributed by atoms with van der Waals surface area (Å²) in [7, 11) is 0. The number of nitrogens with two attached hydrogens (primary N) is 1. The van der Waals surface area contributed by atoms with Gasteiger partial charge in [0.15, 0.2) is 5.82 Å². The predicted octanol–water partition coefficient (Wildman–Crippen LogP) is 5.86. The van der Waals surface area contributed by atoms with Gasteiger partial charge in [0.1, 0.15) is 12.0 Å². The standard InChI is InChI=1S/C22H21Cl2N5O/c1-12(2)30-22-20(26)21(27-11-28-22)29-19-9-18(24)16(8-13(19)3)17(10-25)14-4-6-15(23)7-5-14/h4-9,11-12,17H,26H2,1-3H3,(H,27,28,29). The molecule has 0 aliphatic heterocycles. The molecule has 0 spiro atoms. The lowest BCUT2D eigenvalue weighted by Crippen LogP contribution is -2.11. The molecular formula is C22H21Cl2N5O. The van der Waals surface area contributed by atoms with Crippen molar-refractivity contribution in [1.82, 2.24) is 9.97 Å². The highest BCUT2D eigenvalue weighted by molar-refractivity contribution is 6.32. The maximum Gasteiger partial charge on any atom is 0.242 e. The molecule has 3 N–H and O–H groups in total. The summed E-state index contributed by atoms with van der Waals surface area (Å²) < 4.78 is 5.61. The largest absolute Gasteiger partial charge is 0.473 e. The van der Waals surface area contributed by atoms with E-state index < -0.39 is 5.92 Å². The first kappa shape index (κ1) is 21.7. The average molecular weight is 442 g/mol. The molecule has 0 bridgehead atoms. The van der Waals surface area contributed by atoms with Crippen LogP contribution in [0.4, 0.5) is 17.2 Å². The van der Waals surface area contributed by atoms with Crippen LogP contribution in [0.2, 0.25) is 10.0 Å². The number of halogens is 2. The molecule has 2 aromatic carbocycles. The number of hydrogen-bond acceptors (Lipinski definition) is 6. The number of aromatic nitrogens is 2. The highest BCUT2D eigenvalue weighted by Gasteiger charge is 2.19. The zero-order chi connectivity index (χ0) is 21.8. The topological polar surface area (TPSA) is 96.8 Å². The van der Waals surface area contributed by atoms with Gasteiger partial charge in [-0.15, -0.1) is 0 Å². The van der Waals surface area contributed by atoms with Gasteiger partial charge in [0.05, 0.1) is 18.1 Å². The van der Waals surface area contributed by atoms with Gasteiger partial charge in [0, 0.05) is 15.7 Å². The number of nitrogens with one attached hydrogen (secondary N) is 1. The summed E-state index contributed by atoms with van der Waals surface area (Å²) >= 11 is 12.5. The van der Waals surface area contributed by atoms with Gasteiger partial charge in [-0.05, 0) is 55.7 Å². The minimum atomic E-state index is -0.516. The van der Waals surface area contributed by atoms with Crippen molar-refractivity contribution in [3.63, 3.8) is 0 Å². The summed E-state index contributed by atoms with van der Waals surface area (Å²) in [5, 5.41) is 14.0. The first-order valence-electron chi connectivity index (χ1n) is 9.29. The maximum absolute atomic E-state index is 9.76. The molecule has 0 aliphatic carbocycles. The van der Waals surface area contributed by atoms with Gasteiger partial charge in [0.2, 0.25) is 5.88 Å². The van der Waals surface area contributed by atoms with Crippen LogP contribution >= 0.6 is 23.2 Å². The molecule has 154 valence electrons. The summed E-state index contributed by atoms with van der Waals surface area (Å²) in [6.07, 6.45) is 1.31. The Morgan fingerprint density at radius 1 is 1.13 bits per heavy atom. The lowest BCUT2D eigenvalue weighted by molar-refractivity contribution is 0.234. The number of anilines is 3. The van der Waals surface area contributed by atoms with E-state index in [9.17, 15) is 5.26 Å². The van der Waals surface area contributed by atoms with Crippen molar-refractivity contribution in [2.45, 2.75) is 32.8 Å². The van der Waals surface area contributed by atoms with Crippen LogP contribution in [0.15, 0.2) is 42.7 Å². The van der Waals surface area contributed by atoms with E-state index in [1.165, 1.54) is 6.33 Å². The summed E-state index contributed by atoms with van der Waals surface area (Å²) in [5.74, 6) is 0.218. The second-order valence-electron chi connectivity index (χ2n) is 7.04. The van der Waals surface area contributed by atoms with Gasteiger partial charge in [-0.1, -0.05) is 41.4 Å². The normalized spacial score (nSPS) is 11.8. The third-order valence-electron chi connectivity index (χ3n) is 4.43. The Balaban J connectivity index is 1.94. The molecule has 6 nitrogen and oxygen atoms in total. The fraction of sp³-hybridized carbons (Fsp3) is 0.227. The molecule has 0 aliphatic rings. The molecule has 3 rings (SSSR count). The smallest absolute Gasteiger partial charge is 0.242 e. The van der Waals surface area contributed by atoms with Gasteiger partial charge in [-0.3, -0.25) is 0 Å². The molecular weight excluding hydrogens is 421 g/mol. The van der Waals surface area contributed by atoms with Gasteiger partial charge in [-0.2, -0.15) is 10.2 Å². The maximum atomic E-state index is 9.76. The lowest BCUT2D eigenvalue weighted by Gasteiger charge is -2.18. The zero-order valence-electron chi connectivity index (χ0n) is 16.8. The molecule has 0 fully saturated rings. The second-order valence-corrected chi connectivity index (χ2v) is 7.88. The van der Waals surface area contributed by atoms with Crippen LogP contribution in [0.25, 0.3) is 0 Å². The van der Waals surface area contributed by atoms with E-state index in [0.717, 1.165) is 16.8 Å². The van der Waals surface area contributed by atoms with Gasteiger partial charge in [-0.25, -0.2) is 4.98 Å². The molecule has 30 heavy (non-hydrogen) atoms. The Bertz CT molecular complexity index is 1090. The third kappa shape index (κ3) is 4.76. The molecule has 0 radical (unpaired) electrons. The minimum absolute atomic E-state index is 0.0682. The first-order chi connectivity index (χ1) is 14.3. The summed E-state index contributed by atoms with van der Waals surface area (Å²) in [4.78, 5) is 8.29.